The topological polar surface area (TPSA) is 49.8 Å². The highest BCUT2D eigenvalue weighted by Gasteiger charge is 2.03. The second-order valence-electron chi connectivity index (χ2n) is 4.48. The van der Waals surface area contributed by atoms with E-state index in [0.29, 0.717) is 24.4 Å². The van der Waals surface area contributed by atoms with Crippen molar-refractivity contribution < 1.29 is 4.39 Å². The molecule has 20 heavy (non-hydrogen) atoms. The molecule has 106 valence electrons. The quantitative estimate of drug-likeness (QED) is 0.850. The average molecular weight is 274 g/mol. The van der Waals surface area contributed by atoms with Gasteiger partial charge in [0.2, 0.25) is 0 Å². The second kappa shape index (κ2) is 6.84. The maximum atomic E-state index is 13.5. The zero-order chi connectivity index (χ0) is 14.4. The van der Waals surface area contributed by atoms with Crippen LogP contribution >= 0.6 is 0 Å². The van der Waals surface area contributed by atoms with E-state index in [-0.39, 0.29) is 5.82 Å². The van der Waals surface area contributed by atoms with Crippen LogP contribution in [0.15, 0.2) is 30.3 Å². The fraction of sp³-hybridized carbons (Fsp3) is 0.333. The highest BCUT2D eigenvalue weighted by molar-refractivity contribution is 5.47. The molecule has 2 N–H and O–H groups in total. The summed E-state index contributed by atoms with van der Waals surface area (Å²) < 4.78 is 13.5. The van der Waals surface area contributed by atoms with Crippen molar-refractivity contribution in [3.05, 3.63) is 47.5 Å². The molecule has 0 radical (unpaired) electrons. The second-order valence-corrected chi connectivity index (χ2v) is 4.48. The molecular weight excluding hydrogens is 255 g/mol. The predicted molar refractivity (Wildman–Crippen MR) is 79.5 cm³/mol. The summed E-state index contributed by atoms with van der Waals surface area (Å²) in [6, 6.07) is 8.68. The van der Waals surface area contributed by atoms with Gasteiger partial charge in [0, 0.05) is 19.2 Å². The number of aryl methyl sites for hydroxylation is 1. The molecule has 5 heteroatoms. The maximum Gasteiger partial charge on any atom is 0.131 e. The van der Waals surface area contributed by atoms with E-state index in [1.165, 1.54) is 6.07 Å². The molecule has 0 atom stereocenters. The van der Waals surface area contributed by atoms with Crippen LogP contribution < -0.4 is 10.6 Å². The third-order valence-corrected chi connectivity index (χ3v) is 2.85. The number of nitrogens with zero attached hydrogens (tertiary/aromatic N) is 2. The Morgan fingerprint density at radius 3 is 2.50 bits per heavy atom. The van der Waals surface area contributed by atoms with E-state index in [0.717, 1.165) is 18.2 Å². The molecule has 0 amide bonds. The molecule has 0 fully saturated rings. The summed E-state index contributed by atoms with van der Waals surface area (Å²) in [6.07, 6.45) is 0.617. The lowest BCUT2D eigenvalue weighted by Crippen LogP contribution is -2.10. The average Bonchev–Trinajstić information content (AvgIpc) is 2.41. The number of hydrogen-bond donors (Lipinski definition) is 2. The molecule has 0 saturated heterocycles. The first-order valence-corrected chi connectivity index (χ1v) is 6.76. The van der Waals surface area contributed by atoms with Crippen LogP contribution in [0.4, 0.5) is 16.0 Å². The number of benzene rings is 1. The molecule has 1 heterocycles. The van der Waals surface area contributed by atoms with Gasteiger partial charge in [0.1, 0.15) is 23.3 Å². The van der Waals surface area contributed by atoms with Gasteiger partial charge in [-0.1, -0.05) is 18.2 Å². The van der Waals surface area contributed by atoms with Gasteiger partial charge >= 0.3 is 0 Å². The van der Waals surface area contributed by atoms with Gasteiger partial charge in [0.05, 0.1) is 0 Å². The normalized spacial score (nSPS) is 10.3. The van der Waals surface area contributed by atoms with Gasteiger partial charge in [-0.2, -0.15) is 0 Å². The van der Waals surface area contributed by atoms with E-state index in [1.54, 1.807) is 12.1 Å². The van der Waals surface area contributed by atoms with E-state index in [9.17, 15) is 4.39 Å². The molecule has 0 aliphatic heterocycles. The van der Waals surface area contributed by atoms with Crippen LogP contribution in [0.1, 0.15) is 18.3 Å². The maximum absolute atomic E-state index is 13.5. The van der Waals surface area contributed by atoms with Gasteiger partial charge in [-0.15, -0.1) is 0 Å². The van der Waals surface area contributed by atoms with E-state index in [1.807, 2.05) is 26.0 Å². The van der Waals surface area contributed by atoms with Crippen LogP contribution in [-0.2, 0) is 6.42 Å². The highest BCUT2D eigenvalue weighted by Crippen LogP contribution is 2.12. The van der Waals surface area contributed by atoms with Gasteiger partial charge < -0.3 is 10.6 Å². The van der Waals surface area contributed by atoms with E-state index >= 15 is 0 Å². The first-order valence-electron chi connectivity index (χ1n) is 6.76. The molecule has 0 spiro atoms. The van der Waals surface area contributed by atoms with Crippen LogP contribution in [0.5, 0.6) is 0 Å². The lowest BCUT2D eigenvalue weighted by atomic mass is 10.1. The molecule has 2 rings (SSSR count). The number of rotatable bonds is 6. The van der Waals surface area contributed by atoms with Crippen molar-refractivity contribution in [3.8, 4) is 0 Å². The van der Waals surface area contributed by atoms with Crippen LogP contribution in [0.25, 0.3) is 0 Å². The zero-order valence-corrected chi connectivity index (χ0v) is 11.8. The van der Waals surface area contributed by atoms with Crippen LogP contribution in [-0.4, -0.2) is 23.1 Å². The smallest absolute Gasteiger partial charge is 0.131 e. The molecule has 0 aliphatic carbocycles. The molecular formula is C15H19FN4. The first-order chi connectivity index (χ1) is 9.69. The fourth-order valence-corrected chi connectivity index (χ4v) is 1.96. The molecule has 0 aliphatic rings. The van der Waals surface area contributed by atoms with Crippen molar-refractivity contribution in [1.82, 2.24) is 9.97 Å². The SMILES string of the molecule is CCNc1cc(NCCc2ccccc2F)nc(C)n1. The third kappa shape index (κ3) is 3.91. The van der Waals surface area contributed by atoms with Crippen LogP contribution in [0, 0.1) is 12.7 Å². The summed E-state index contributed by atoms with van der Waals surface area (Å²) >= 11 is 0. The van der Waals surface area contributed by atoms with E-state index in [2.05, 4.69) is 20.6 Å². The van der Waals surface area contributed by atoms with Crippen molar-refractivity contribution in [1.29, 1.82) is 0 Å². The molecule has 1 aromatic carbocycles. The summed E-state index contributed by atoms with van der Waals surface area (Å²) in [5, 5.41) is 6.36. The number of halogens is 1. The molecule has 1 aromatic heterocycles. The number of nitrogens with one attached hydrogen (secondary N) is 2. The number of aromatic nitrogens is 2. The van der Waals surface area contributed by atoms with Gasteiger partial charge in [-0.25, -0.2) is 14.4 Å². The van der Waals surface area contributed by atoms with Crippen LogP contribution in [0.3, 0.4) is 0 Å². The van der Waals surface area contributed by atoms with Crippen molar-refractivity contribution in [2.24, 2.45) is 0 Å². The minimum absolute atomic E-state index is 0.165. The number of hydrogen-bond acceptors (Lipinski definition) is 4. The predicted octanol–water partition coefficient (Wildman–Crippen LogP) is 3.01. The van der Waals surface area contributed by atoms with Gasteiger partial charge in [0.15, 0.2) is 0 Å². The Balaban J connectivity index is 1.95. The minimum Gasteiger partial charge on any atom is -0.370 e. The van der Waals surface area contributed by atoms with Gasteiger partial charge in [-0.3, -0.25) is 0 Å². The molecule has 0 bridgehead atoms. The Morgan fingerprint density at radius 1 is 1.10 bits per heavy atom. The summed E-state index contributed by atoms with van der Waals surface area (Å²) in [7, 11) is 0. The first kappa shape index (κ1) is 14.2. The summed E-state index contributed by atoms with van der Waals surface area (Å²) in [5.74, 6) is 2.09. The van der Waals surface area contributed by atoms with Crippen molar-refractivity contribution >= 4 is 11.6 Å². The molecule has 0 saturated carbocycles. The molecule has 2 aromatic rings. The Hall–Kier alpha value is -2.17. The lowest BCUT2D eigenvalue weighted by molar-refractivity contribution is 0.610. The zero-order valence-electron chi connectivity index (χ0n) is 11.8. The summed E-state index contributed by atoms with van der Waals surface area (Å²) in [6.45, 7) is 5.31. The van der Waals surface area contributed by atoms with Crippen molar-refractivity contribution in [2.45, 2.75) is 20.3 Å². The Morgan fingerprint density at radius 2 is 1.80 bits per heavy atom. The van der Waals surface area contributed by atoms with Crippen molar-refractivity contribution in [3.63, 3.8) is 0 Å². The highest BCUT2D eigenvalue weighted by atomic mass is 19.1. The Bertz CT molecular complexity index is 572. The van der Waals surface area contributed by atoms with Gasteiger partial charge in [0.25, 0.3) is 0 Å². The summed E-state index contributed by atoms with van der Waals surface area (Å²) in [4.78, 5) is 8.60. The lowest BCUT2D eigenvalue weighted by Gasteiger charge is -2.09. The largest absolute Gasteiger partial charge is 0.370 e. The Kier molecular flexibility index (Phi) is 4.87. The van der Waals surface area contributed by atoms with E-state index < -0.39 is 0 Å². The monoisotopic (exact) mass is 274 g/mol. The molecule has 0 unspecified atom stereocenters. The minimum atomic E-state index is -0.165. The Labute approximate surface area is 118 Å². The van der Waals surface area contributed by atoms with Crippen LogP contribution in [0.2, 0.25) is 0 Å². The standard InChI is InChI=1S/C15H19FN4/c1-3-17-14-10-15(20-11(2)19-14)18-9-8-12-6-4-5-7-13(12)16/h4-7,10H,3,8-9H2,1-2H3,(H2,17,18,19,20). The third-order valence-electron chi connectivity index (χ3n) is 2.85. The number of anilines is 2. The van der Waals surface area contributed by atoms with E-state index in [4.69, 9.17) is 0 Å². The van der Waals surface area contributed by atoms with Gasteiger partial charge in [-0.05, 0) is 31.9 Å². The molecule has 4 nitrogen and oxygen atoms in total. The fourth-order valence-electron chi connectivity index (χ4n) is 1.96. The van der Waals surface area contributed by atoms with Crippen molar-refractivity contribution in [2.75, 3.05) is 23.7 Å². The summed E-state index contributed by atoms with van der Waals surface area (Å²) in [5.41, 5.74) is 0.706.